The molecular formula is C12H21NO. The number of hydrogen-bond donors (Lipinski definition) is 1. The van der Waals surface area contributed by atoms with Gasteiger partial charge in [0.1, 0.15) is 5.78 Å². The van der Waals surface area contributed by atoms with Crippen molar-refractivity contribution in [1.82, 2.24) is 5.32 Å². The van der Waals surface area contributed by atoms with Gasteiger partial charge >= 0.3 is 0 Å². The molecule has 0 amide bonds. The second-order valence-electron chi connectivity index (χ2n) is 5.06. The molecular weight excluding hydrogens is 174 g/mol. The first kappa shape index (κ1) is 10.2. The molecule has 0 aromatic rings. The zero-order chi connectivity index (χ0) is 10.0. The number of carbonyl (C=O) groups is 1. The fourth-order valence-electron chi connectivity index (χ4n) is 3.07. The predicted octanol–water partition coefficient (Wildman–Crippen LogP) is 2.28. The Kier molecular flexibility index (Phi) is 2.91. The number of Topliss-reactive ketones (excluding diaryl/α,β-unsaturated/α-hetero) is 1. The van der Waals surface area contributed by atoms with Gasteiger partial charge in [-0.3, -0.25) is 4.79 Å². The van der Waals surface area contributed by atoms with E-state index in [1.54, 1.807) is 0 Å². The highest BCUT2D eigenvalue weighted by Gasteiger charge is 2.42. The molecule has 2 aliphatic rings. The summed E-state index contributed by atoms with van der Waals surface area (Å²) in [5, 5.41) is 3.42. The van der Waals surface area contributed by atoms with E-state index in [4.69, 9.17) is 0 Å². The molecule has 2 nitrogen and oxygen atoms in total. The van der Waals surface area contributed by atoms with Crippen molar-refractivity contribution < 1.29 is 4.79 Å². The first-order valence-corrected chi connectivity index (χ1v) is 6.02. The summed E-state index contributed by atoms with van der Waals surface area (Å²) in [6.45, 7) is 3.17. The molecule has 80 valence electrons. The minimum Gasteiger partial charge on any atom is -0.307 e. The molecule has 1 saturated heterocycles. The van der Waals surface area contributed by atoms with Gasteiger partial charge in [0, 0.05) is 13.0 Å². The van der Waals surface area contributed by atoms with Crippen molar-refractivity contribution >= 4 is 5.78 Å². The van der Waals surface area contributed by atoms with Crippen LogP contribution in [0, 0.1) is 5.41 Å². The Balaban J connectivity index is 1.90. The minimum atomic E-state index is 0.188. The summed E-state index contributed by atoms with van der Waals surface area (Å²) in [6.07, 6.45) is 8.29. The van der Waals surface area contributed by atoms with E-state index in [1.807, 2.05) is 0 Å². The Morgan fingerprint density at radius 3 is 2.79 bits per heavy atom. The molecule has 1 unspecified atom stereocenters. The third-order valence-corrected chi connectivity index (χ3v) is 3.91. The van der Waals surface area contributed by atoms with Crippen molar-refractivity contribution in [3.8, 4) is 0 Å². The molecule has 2 fully saturated rings. The van der Waals surface area contributed by atoms with Crippen molar-refractivity contribution in [3.05, 3.63) is 0 Å². The molecule has 0 aromatic heterocycles. The molecule has 0 radical (unpaired) electrons. The standard InChI is InChI=1S/C12H21NO/c1-2-5-11(14)10-8-12(9-13-10)6-3-4-7-12/h10,13H,2-9H2,1H3. The second kappa shape index (κ2) is 4.01. The molecule has 1 spiro atoms. The van der Waals surface area contributed by atoms with Crippen molar-refractivity contribution in [3.63, 3.8) is 0 Å². The van der Waals surface area contributed by atoms with Gasteiger partial charge in [0.05, 0.1) is 6.04 Å². The van der Waals surface area contributed by atoms with Crippen LogP contribution in [-0.4, -0.2) is 18.4 Å². The molecule has 1 aliphatic carbocycles. The van der Waals surface area contributed by atoms with Gasteiger partial charge in [-0.05, 0) is 31.1 Å². The highest BCUT2D eigenvalue weighted by atomic mass is 16.1. The summed E-state index contributed by atoms with van der Waals surface area (Å²) in [6, 6.07) is 0.188. The third-order valence-electron chi connectivity index (χ3n) is 3.91. The van der Waals surface area contributed by atoms with E-state index in [0.29, 0.717) is 11.2 Å². The maximum atomic E-state index is 11.7. The molecule has 1 atom stereocenters. The highest BCUT2D eigenvalue weighted by Crippen LogP contribution is 2.44. The van der Waals surface area contributed by atoms with Crippen LogP contribution < -0.4 is 5.32 Å². The summed E-state index contributed by atoms with van der Waals surface area (Å²) in [7, 11) is 0. The summed E-state index contributed by atoms with van der Waals surface area (Å²) in [4.78, 5) is 11.7. The molecule has 0 aromatic carbocycles. The topological polar surface area (TPSA) is 29.1 Å². The van der Waals surface area contributed by atoms with E-state index in [-0.39, 0.29) is 6.04 Å². The molecule has 1 saturated carbocycles. The van der Waals surface area contributed by atoms with Crippen LogP contribution in [0.25, 0.3) is 0 Å². The molecule has 1 heterocycles. The largest absolute Gasteiger partial charge is 0.307 e. The Hall–Kier alpha value is -0.370. The van der Waals surface area contributed by atoms with Crippen LogP contribution in [0.5, 0.6) is 0 Å². The van der Waals surface area contributed by atoms with Crippen molar-refractivity contribution in [2.75, 3.05) is 6.54 Å². The van der Waals surface area contributed by atoms with Crippen LogP contribution in [0.15, 0.2) is 0 Å². The van der Waals surface area contributed by atoms with Crippen LogP contribution >= 0.6 is 0 Å². The van der Waals surface area contributed by atoms with Gasteiger partial charge in [0.25, 0.3) is 0 Å². The van der Waals surface area contributed by atoms with E-state index >= 15 is 0 Å². The van der Waals surface area contributed by atoms with Crippen molar-refractivity contribution in [1.29, 1.82) is 0 Å². The first-order valence-electron chi connectivity index (χ1n) is 6.02. The van der Waals surface area contributed by atoms with Crippen molar-refractivity contribution in [2.24, 2.45) is 5.41 Å². The van der Waals surface area contributed by atoms with Crippen molar-refractivity contribution in [2.45, 2.75) is 57.9 Å². The van der Waals surface area contributed by atoms with Crippen LogP contribution in [0.1, 0.15) is 51.9 Å². The number of rotatable bonds is 3. The van der Waals surface area contributed by atoms with Gasteiger partial charge in [0.15, 0.2) is 0 Å². The summed E-state index contributed by atoms with van der Waals surface area (Å²) in [5.41, 5.74) is 0.508. The van der Waals surface area contributed by atoms with E-state index in [2.05, 4.69) is 12.2 Å². The molecule has 1 aliphatic heterocycles. The fourth-order valence-corrected chi connectivity index (χ4v) is 3.07. The Morgan fingerprint density at radius 2 is 2.14 bits per heavy atom. The highest BCUT2D eigenvalue weighted by molar-refractivity contribution is 5.84. The average molecular weight is 195 g/mol. The Labute approximate surface area is 86.5 Å². The number of nitrogens with one attached hydrogen (secondary N) is 1. The molecule has 2 heteroatoms. The minimum absolute atomic E-state index is 0.188. The number of ketones is 1. The quantitative estimate of drug-likeness (QED) is 0.748. The van der Waals surface area contributed by atoms with Gasteiger partial charge in [-0.15, -0.1) is 0 Å². The molecule has 14 heavy (non-hydrogen) atoms. The second-order valence-corrected chi connectivity index (χ2v) is 5.06. The van der Waals surface area contributed by atoms with Gasteiger partial charge in [-0.1, -0.05) is 19.8 Å². The molecule has 2 rings (SSSR count). The smallest absolute Gasteiger partial charge is 0.149 e. The Bertz CT molecular complexity index is 218. The lowest BCUT2D eigenvalue weighted by Crippen LogP contribution is -2.30. The van der Waals surface area contributed by atoms with Gasteiger partial charge in [0.2, 0.25) is 0 Å². The van der Waals surface area contributed by atoms with E-state index in [0.717, 1.165) is 25.8 Å². The normalized spacial score (nSPS) is 29.9. The van der Waals surface area contributed by atoms with Gasteiger partial charge in [-0.2, -0.15) is 0 Å². The van der Waals surface area contributed by atoms with Gasteiger partial charge < -0.3 is 5.32 Å². The van der Waals surface area contributed by atoms with Crippen LogP contribution in [-0.2, 0) is 4.79 Å². The molecule has 1 N–H and O–H groups in total. The first-order chi connectivity index (χ1) is 6.76. The van der Waals surface area contributed by atoms with Crippen LogP contribution in [0.3, 0.4) is 0 Å². The maximum Gasteiger partial charge on any atom is 0.149 e. The predicted molar refractivity (Wildman–Crippen MR) is 57.2 cm³/mol. The third kappa shape index (κ3) is 1.85. The van der Waals surface area contributed by atoms with E-state index in [9.17, 15) is 4.79 Å². The lowest BCUT2D eigenvalue weighted by Gasteiger charge is -2.20. The zero-order valence-corrected chi connectivity index (χ0v) is 9.14. The van der Waals surface area contributed by atoms with E-state index < -0.39 is 0 Å². The van der Waals surface area contributed by atoms with Crippen LogP contribution in [0.4, 0.5) is 0 Å². The number of hydrogen-bond acceptors (Lipinski definition) is 2. The Morgan fingerprint density at radius 1 is 1.43 bits per heavy atom. The van der Waals surface area contributed by atoms with Gasteiger partial charge in [-0.25, -0.2) is 0 Å². The monoisotopic (exact) mass is 195 g/mol. The van der Waals surface area contributed by atoms with E-state index in [1.165, 1.54) is 25.7 Å². The summed E-state index contributed by atoms with van der Waals surface area (Å²) in [5.74, 6) is 0.441. The lowest BCUT2D eigenvalue weighted by atomic mass is 9.83. The van der Waals surface area contributed by atoms with Crippen LogP contribution in [0.2, 0.25) is 0 Å². The lowest BCUT2D eigenvalue weighted by molar-refractivity contribution is -0.120. The average Bonchev–Trinajstić information content (AvgIpc) is 2.78. The SMILES string of the molecule is CCCC(=O)C1CC2(CCCC2)CN1. The summed E-state index contributed by atoms with van der Waals surface area (Å²) >= 11 is 0. The maximum absolute atomic E-state index is 11.7. The summed E-state index contributed by atoms with van der Waals surface area (Å²) < 4.78 is 0. The number of carbonyl (C=O) groups excluding carboxylic acids is 1. The molecule has 0 bridgehead atoms. The fraction of sp³-hybridized carbons (Fsp3) is 0.917. The zero-order valence-electron chi connectivity index (χ0n) is 9.14.